The van der Waals surface area contributed by atoms with Crippen LogP contribution >= 0.6 is 12.2 Å². The van der Waals surface area contributed by atoms with Gasteiger partial charge < -0.3 is 16.0 Å². The molecule has 0 fully saturated rings. The number of rotatable bonds is 3. The summed E-state index contributed by atoms with van der Waals surface area (Å²) in [5.41, 5.74) is 4.26. The molecule has 0 radical (unpaired) electrons. The van der Waals surface area contributed by atoms with E-state index in [-0.39, 0.29) is 5.96 Å². The van der Waals surface area contributed by atoms with Crippen molar-refractivity contribution in [2.24, 2.45) is 0 Å². The van der Waals surface area contributed by atoms with Crippen LogP contribution in [0.15, 0.2) is 48.5 Å². The van der Waals surface area contributed by atoms with E-state index in [9.17, 15) is 0 Å². The van der Waals surface area contributed by atoms with Gasteiger partial charge in [-0.25, -0.2) is 0 Å². The number of benzene rings is 2. The zero-order chi connectivity index (χ0) is 15.9. The maximum absolute atomic E-state index is 7.98. The second-order valence-corrected chi connectivity index (χ2v) is 5.47. The highest BCUT2D eigenvalue weighted by atomic mass is 32.1. The zero-order valence-corrected chi connectivity index (χ0v) is 13.6. The monoisotopic (exact) mass is 312 g/mol. The summed E-state index contributed by atoms with van der Waals surface area (Å²) in [4.78, 5) is 0. The second-order valence-electron chi connectivity index (χ2n) is 5.06. The first-order valence-corrected chi connectivity index (χ1v) is 7.47. The van der Waals surface area contributed by atoms with Gasteiger partial charge in [0.15, 0.2) is 11.1 Å². The lowest BCUT2D eigenvalue weighted by molar-refractivity contribution is 0.905. The SMILES string of the molecule is Cc1cccc(C)c1NC(=N)NC(=S)NCc1ccccc1. The van der Waals surface area contributed by atoms with Crippen LogP contribution in [0, 0.1) is 19.3 Å². The first-order chi connectivity index (χ1) is 10.6. The van der Waals surface area contributed by atoms with Crippen LogP contribution in [-0.4, -0.2) is 11.1 Å². The van der Waals surface area contributed by atoms with Crippen LogP contribution in [-0.2, 0) is 6.54 Å². The molecule has 0 spiro atoms. The topological polar surface area (TPSA) is 59.9 Å². The van der Waals surface area contributed by atoms with Gasteiger partial charge in [-0.1, -0.05) is 48.5 Å². The number of hydrogen-bond donors (Lipinski definition) is 4. The smallest absolute Gasteiger partial charge is 0.199 e. The molecule has 0 saturated carbocycles. The number of para-hydroxylation sites is 1. The lowest BCUT2D eigenvalue weighted by Crippen LogP contribution is -2.41. The molecule has 4 N–H and O–H groups in total. The Bertz CT molecular complexity index is 647. The molecule has 0 aliphatic heterocycles. The van der Waals surface area contributed by atoms with Gasteiger partial charge in [-0.2, -0.15) is 0 Å². The van der Waals surface area contributed by atoms with Crippen molar-refractivity contribution in [3.63, 3.8) is 0 Å². The van der Waals surface area contributed by atoms with Gasteiger partial charge >= 0.3 is 0 Å². The van der Waals surface area contributed by atoms with Gasteiger partial charge in [-0.3, -0.25) is 5.41 Å². The van der Waals surface area contributed by atoms with Gasteiger partial charge in [0.05, 0.1) is 0 Å². The van der Waals surface area contributed by atoms with Crippen molar-refractivity contribution in [1.29, 1.82) is 5.41 Å². The summed E-state index contributed by atoms with van der Waals surface area (Å²) in [6, 6.07) is 16.0. The third-order valence-electron chi connectivity index (χ3n) is 3.27. The van der Waals surface area contributed by atoms with Crippen LogP contribution in [0.2, 0.25) is 0 Å². The Morgan fingerprint density at radius 2 is 1.64 bits per heavy atom. The van der Waals surface area contributed by atoms with Crippen molar-refractivity contribution >= 4 is 29.0 Å². The van der Waals surface area contributed by atoms with Crippen LogP contribution in [0.5, 0.6) is 0 Å². The number of hydrogen-bond acceptors (Lipinski definition) is 2. The van der Waals surface area contributed by atoms with Gasteiger partial charge in [-0.05, 0) is 42.8 Å². The standard InChI is InChI=1S/C17H20N4S/c1-12-7-6-8-13(2)15(12)20-16(18)21-17(22)19-11-14-9-4-3-5-10-14/h3-10H,11H2,1-2H3,(H4,18,19,20,21,22). The molecule has 4 nitrogen and oxygen atoms in total. The normalized spacial score (nSPS) is 9.91. The summed E-state index contributed by atoms with van der Waals surface area (Å²) in [5.74, 6) is 0.156. The molecule has 0 aromatic heterocycles. The molecule has 2 aromatic rings. The Hall–Kier alpha value is -2.40. The quantitative estimate of drug-likeness (QED) is 0.399. The Morgan fingerprint density at radius 3 is 2.27 bits per heavy atom. The fourth-order valence-electron chi connectivity index (χ4n) is 2.10. The van der Waals surface area contributed by atoms with E-state index < -0.39 is 0 Å². The molecule has 22 heavy (non-hydrogen) atoms. The molecule has 0 heterocycles. The van der Waals surface area contributed by atoms with Gasteiger partial charge in [0, 0.05) is 12.2 Å². The van der Waals surface area contributed by atoms with Gasteiger partial charge in [0.1, 0.15) is 0 Å². The molecule has 5 heteroatoms. The van der Waals surface area contributed by atoms with Crippen LogP contribution in [0.25, 0.3) is 0 Å². The molecule has 0 bridgehead atoms. The van der Waals surface area contributed by atoms with E-state index in [4.69, 9.17) is 17.6 Å². The predicted octanol–water partition coefficient (Wildman–Crippen LogP) is 3.31. The van der Waals surface area contributed by atoms with Crippen LogP contribution in [0.3, 0.4) is 0 Å². The minimum absolute atomic E-state index is 0.156. The predicted molar refractivity (Wildman–Crippen MR) is 96.3 cm³/mol. The van der Waals surface area contributed by atoms with Crippen LogP contribution in [0.1, 0.15) is 16.7 Å². The van der Waals surface area contributed by atoms with Crippen LogP contribution in [0.4, 0.5) is 5.69 Å². The lowest BCUT2D eigenvalue weighted by atomic mass is 10.1. The second kappa shape index (κ2) is 7.56. The van der Waals surface area contributed by atoms with Crippen molar-refractivity contribution in [3.05, 3.63) is 65.2 Å². The molecule has 114 valence electrons. The Kier molecular flexibility index (Phi) is 5.49. The number of anilines is 1. The Morgan fingerprint density at radius 1 is 1.00 bits per heavy atom. The average molecular weight is 312 g/mol. The molecule has 2 aromatic carbocycles. The summed E-state index contributed by atoms with van der Waals surface area (Å²) in [6.45, 7) is 4.65. The molecule has 0 aliphatic carbocycles. The van der Waals surface area contributed by atoms with Gasteiger partial charge in [0.2, 0.25) is 0 Å². The molecule has 0 unspecified atom stereocenters. The first-order valence-electron chi connectivity index (χ1n) is 7.07. The molecule has 0 aliphatic rings. The molecule has 0 saturated heterocycles. The average Bonchev–Trinajstić information content (AvgIpc) is 2.50. The van der Waals surface area contributed by atoms with E-state index in [0.717, 1.165) is 22.4 Å². The highest BCUT2D eigenvalue weighted by Crippen LogP contribution is 2.18. The highest BCUT2D eigenvalue weighted by Gasteiger charge is 2.05. The molecule has 0 atom stereocenters. The van der Waals surface area contributed by atoms with E-state index in [0.29, 0.717) is 11.7 Å². The van der Waals surface area contributed by atoms with Crippen molar-refractivity contribution in [2.75, 3.05) is 5.32 Å². The number of guanidine groups is 1. The van der Waals surface area contributed by atoms with E-state index >= 15 is 0 Å². The van der Waals surface area contributed by atoms with Crippen LogP contribution < -0.4 is 16.0 Å². The fraction of sp³-hybridized carbons (Fsp3) is 0.176. The van der Waals surface area contributed by atoms with E-state index in [1.165, 1.54) is 0 Å². The number of thiocarbonyl (C=S) groups is 1. The number of nitrogens with one attached hydrogen (secondary N) is 4. The number of aryl methyl sites for hydroxylation is 2. The van der Waals surface area contributed by atoms with Crippen molar-refractivity contribution in [1.82, 2.24) is 10.6 Å². The summed E-state index contributed by atoms with van der Waals surface area (Å²) in [5, 5.41) is 17.4. The minimum atomic E-state index is 0.156. The molecular weight excluding hydrogens is 292 g/mol. The summed E-state index contributed by atoms with van der Waals surface area (Å²) >= 11 is 5.21. The maximum Gasteiger partial charge on any atom is 0.199 e. The Labute approximate surface area is 136 Å². The van der Waals surface area contributed by atoms with E-state index in [1.54, 1.807) is 0 Å². The lowest BCUT2D eigenvalue weighted by Gasteiger charge is -2.15. The van der Waals surface area contributed by atoms with Crippen molar-refractivity contribution in [2.45, 2.75) is 20.4 Å². The summed E-state index contributed by atoms with van der Waals surface area (Å²) < 4.78 is 0. The van der Waals surface area contributed by atoms with E-state index in [1.807, 2.05) is 62.4 Å². The fourth-order valence-corrected chi connectivity index (χ4v) is 2.28. The maximum atomic E-state index is 7.98. The Balaban J connectivity index is 1.85. The van der Waals surface area contributed by atoms with Gasteiger partial charge in [0.25, 0.3) is 0 Å². The van der Waals surface area contributed by atoms with Crippen molar-refractivity contribution < 1.29 is 0 Å². The minimum Gasteiger partial charge on any atom is -0.358 e. The van der Waals surface area contributed by atoms with Crippen molar-refractivity contribution in [3.8, 4) is 0 Å². The van der Waals surface area contributed by atoms with Gasteiger partial charge in [-0.15, -0.1) is 0 Å². The zero-order valence-electron chi connectivity index (χ0n) is 12.7. The summed E-state index contributed by atoms with van der Waals surface area (Å²) in [7, 11) is 0. The van der Waals surface area contributed by atoms with E-state index in [2.05, 4.69) is 16.0 Å². The first kappa shape index (κ1) is 16.0. The molecule has 2 rings (SSSR count). The third kappa shape index (κ3) is 4.56. The third-order valence-corrected chi connectivity index (χ3v) is 3.51. The summed E-state index contributed by atoms with van der Waals surface area (Å²) in [6.07, 6.45) is 0. The highest BCUT2D eigenvalue weighted by molar-refractivity contribution is 7.80. The molecule has 0 amide bonds. The molecular formula is C17H20N4S. The largest absolute Gasteiger partial charge is 0.358 e.